The maximum Gasteiger partial charge on any atom is 0.407 e. The molecule has 1 amide bonds. The number of benzene rings is 1. The van der Waals surface area contributed by atoms with Gasteiger partial charge in [0, 0.05) is 12.7 Å². The smallest absolute Gasteiger partial charge is 0.407 e. The van der Waals surface area contributed by atoms with Crippen LogP contribution < -0.4 is 5.32 Å². The molecule has 0 fully saturated rings. The third-order valence-corrected chi connectivity index (χ3v) is 2.82. The van der Waals surface area contributed by atoms with Crippen molar-refractivity contribution >= 4 is 6.09 Å². The van der Waals surface area contributed by atoms with Crippen molar-refractivity contribution in [3.8, 4) is 0 Å². The molecule has 0 saturated heterocycles. The van der Waals surface area contributed by atoms with Crippen molar-refractivity contribution in [2.45, 2.75) is 20.1 Å². The summed E-state index contributed by atoms with van der Waals surface area (Å²) in [7, 11) is 0. The molecular weight excluding hydrogens is 259 g/mol. The Kier molecular flexibility index (Phi) is 4.65. The van der Waals surface area contributed by atoms with Crippen molar-refractivity contribution < 1.29 is 13.9 Å². The van der Waals surface area contributed by atoms with Crippen molar-refractivity contribution in [3.63, 3.8) is 0 Å². The molecule has 0 atom stereocenters. The van der Waals surface area contributed by atoms with Crippen LogP contribution >= 0.6 is 0 Å². The number of amides is 1. The number of aryl methyl sites for hydroxylation is 1. The molecule has 0 bridgehead atoms. The fraction of sp³-hybridized carbons (Fsp3) is 0.200. The predicted octanol–water partition coefficient (Wildman–Crippen LogP) is 2.96. The van der Waals surface area contributed by atoms with Gasteiger partial charge in [0.15, 0.2) is 0 Å². The summed E-state index contributed by atoms with van der Waals surface area (Å²) in [6.45, 7) is 2.23. The summed E-state index contributed by atoms with van der Waals surface area (Å²) in [6.07, 6.45) is 0.889. The Labute approximate surface area is 116 Å². The minimum absolute atomic E-state index is 0.216. The number of pyridine rings is 1. The van der Waals surface area contributed by atoms with Gasteiger partial charge in [0.1, 0.15) is 6.61 Å². The van der Waals surface area contributed by atoms with Crippen molar-refractivity contribution in [1.29, 1.82) is 0 Å². The normalized spacial score (nSPS) is 10.1. The van der Waals surface area contributed by atoms with Crippen LogP contribution in [0.3, 0.4) is 0 Å². The minimum Gasteiger partial charge on any atom is -0.445 e. The lowest BCUT2D eigenvalue weighted by Crippen LogP contribution is -2.24. The number of carbonyl (C=O) groups is 1. The number of ether oxygens (including phenoxy) is 1. The number of carbonyl (C=O) groups excluding carboxylic acids is 1. The first-order valence-electron chi connectivity index (χ1n) is 6.21. The average molecular weight is 274 g/mol. The molecule has 5 heteroatoms. The lowest BCUT2D eigenvalue weighted by atomic mass is 10.1. The number of hydrogen-bond donors (Lipinski definition) is 1. The zero-order valence-electron chi connectivity index (χ0n) is 11.1. The molecule has 1 aromatic heterocycles. The molecule has 1 aromatic carbocycles. The van der Waals surface area contributed by atoms with Gasteiger partial charge in [-0.15, -0.1) is 0 Å². The van der Waals surface area contributed by atoms with Crippen LogP contribution in [0.2, 0.25) is 0 Å². The molecule has 0 aliphatic carbocycles. The zero-order valence-corrected chi connectivity index (χ0v) is 11.1. The lowest BCUT2D eigenvalue weighted by Gasteiger charge is -2.08. The molecule has 0 spiro atoms. The van der Waals surface area contributed by atoms with E-state index < -0.39 is 12.0 Å². The number of alkyl carbamates (subject to hydrolysis) is 1. The van der Waals surface area contributed by atoms with E-state index in [1.165, 1.54) is 12.3 Å². The lowest BCUT2D eigenvalue weighted by molar-refractivity contribution is 0.139. The Hall–Kier alpha value is -2.43. The van der Waals surface area contributed by atoms with Gasteiger partial charge < -0.3 is 10.1 Å². The van der Waals surface area contributed by atoms with Gasteiger partial charge in [0.2, 0.25) is 5.95 Å². The Morgan fingerprint density at radius 3 is 2.80 bits per heavy atom. The van der Waals surface area contributed by atoms with Gasteiger partial charge in [0.05, 0.1) is 0 Å². The Bertz CT molecular complexity index is 588. The van der Waals surface area contributed by atoms with Gasteiger partial charge in [-0.2, -0.15) is 4.39 Å². The third-order valence-electron chi connectivity index (χ3n) is 2.82. The van der Waals surface area contributed by atoms with Gasteiger partial charge in [-0.3, -0.25) is 0 Å². The number of rotatable bonds is 4. The monoisotopic (exact) mass is 274 g/mol. The van der Waals surface area contributed by atoms with E-state index in [1.807, 2.05) is 30.3 Å². The number of hydrogen-bond acceptors (Lipinski definition) is 3. The molecule has 1 heterocycles. The largest absolute Gasteiger partial charge is 0.445 e. The second-order valence-electron chi connectivity index (χ2n) is 4.35. The minimum atomic E-state index is -0.530. The molecule has 0 unspecified atom stereocenters. The highest BCUT2D eigenvalue weighted by Crippen LogP contribution is 2.07. The van der Waals surface area contributed by atoms with E-state index in [2.05, 4.69) is 10.3 Å². The maximum atomic E-state index is 12.8. The summed E-state index contributed by atoms with van der Waals surface area (Å²) < 4.78 is 17.9. The Morgan fingerprint density at radius 1 is 1.35 bits per heavy atom. The second kappa shape index (κ2) is 6.65. The average Bonchev–Trinajstić information content (AvgIpc) is 2.45. The number of halogens is 1. The van der Waals surface area contributed by atoms with Crippen LogP contribution in [-0.4, -0.2) is 11.1 Å². The molecule has 20 heavy (non-hydrogen) atoms. The van der Waals surface area contributed by atoms with Crippen LogP contribution in [0.4, 0.5) is 9.18 Å². The van der Waals surface area contributed by atoms with Crippen LogP contribution in [0.5, 0.6) is 0 Å². The number of nitrogens with zero attached hydrogens (tertiary/aromatic N) is 1. The summed E-state index contributed by atoms with van der Waals surface area (Å²) in [5, 5.41) is 2.61. The molecule has 2 rings (SSSR count). The standard InChI is InChI=1S/C15H15FN2O2/c1-11-7-14(16)17-8-13(11)9-18-15(19)20-10-12-5-3-2-4-6-12/h2-8H,9-10H2,1H3,(H,18,19). The first-order chi connectivity index (χ1) is 9.65. The van der Waals surface area contributed by atoms with Crippen LogP contribution in [0.1, 0.15) is 16.7 Å². The molecule has 0 radical (unpaired) electrons. The molecular formula is C15H15FN2O2. The topological polar surface area (TPSA) is 51.2 Å². The van der Waals surface area contributed by atoms with E-state index in [9.17, 15) is 9.18 Å². The summed E-state index contributed by atoms with van der Waals surface area (Å²) in [5.74, 6) is -0.530. The number of nitrogens with one attached hydrogen (secondary N) is 1. The fourth-order valence-electron chi connectivity index (χ4n) is 1.68. The van der Waals surface area contributed by atoms with Crippen LogP contribution in [0, 0.1) is 12.9 Å². The van der Waals surface area contributed by atoms with Gasteiger partial charge in [-0.1, -0.05) is 30.3 Å². The summed E-state index contributed by atoms with van der Waals surface area (Å²) in [5.41, 5.74) is 2.41. The van der Waals surface area contributed by atoms with E-state index in [1.54, 1.807) is 6.92 Å². The maximum absolute atomic E-state index is 12.8. The van der Waals surface area contributed by atoms with Crippen molar-refractivity contribution in [2.24, 2.45) is 0 Å². The highest BCUT2D eigenvalue weighted by molar-refractivity contribution is 5.67. The van der Waals surface area contributed by atoms with E-state index in [0.717, 1.165) is 16.7 Å². The van der Waals surface area contributed by atoms with E-state index >= 15 is 0 Å². The molecule has 4 nitrogen and oxygen atoms in total. The van der Waals surface area contributed by atoms with Crippen molar-refractivity contribution in [1.82, 2.24) is 10.3 Å². The summed E-state index contributed by atoms with van der Waals surface area (Å²) >= 11 is 0. The summed E-state index contributed by atoms with van der Waals surface area (Å²) in [6, 6.07) is 10.7. The van der Waals surface area contributed by atoms with E-state index in [-0.39, 0.29) is 13.2 Å². The van der Waals surface area contributed by atoms with Crippen molar-refractivity contribution in [3.05, 3.63) is 65.2 Å². The predicted molar refractivity (Wildman–Crippen MR) is 72.4 cm³/mol. The first-order valence-corrected chi connectivity index (χ1v) is 6.21. The van der Waals surface area contributed by atoms with E-state index in [0.29, 0.717) is 0 Å². The quantitative estimate of drug-likeness (QED) is 0.872. The van der Waals surface area contributed by atoms with Crippen molar-refractivity contribution in [2.75, 3.05) is 0 Å². The van der Waals surface area contributed by atoms with Crippen LogP contribution in [0.25, 0.3) is 0 Å². The van der Waals surface area contributed by atoms with Gasteiger partial charge in [0.25, 0.3) is 0 Å². The third kappa shape index (κ3) is 4.05. The van der Waals surface area contributed by atoms with Gasteiger partial charge in [-0.05, 0) is 29.7 Å². The summed E-state index contributed by atoms with van der Waals surface area (Å²) in [4.78, 5) is 15.1. The van der Waals surface area contributed by atoms with Gasteiger partial charge in [-0.25, -0.2) is 9.78 Å². The number of aromatic nitrogens is 1. The first kappa shape index (κ1) is 14.0. The molecule has 2 aromatic rings. The Balaban J connectivity index is 1.80. The highest BCUT2D eigenvalue weighted by Gasteiger charge is 2.05. The molecule has 0 aliphatic rings. The van der Waals surface area contributed by atoms with Crippen LogP contribution in [-0.2, 0) is 17.9 Å². The molecule has 0 saturated carbocycles. The van der Waals surface area contributed by atoms with Gasteiger partial charge >= 0.3 is 6.09 Å². The highest BCUT2D eigenvalue weighted by atomic mass is 19.1. The Morgan fingerprint density at radius 2 is 2.10 bits per heavy atom. The SMILES string of the molecule is Cc1cc(F)ncc1CNC(=O)OCc1ccccc1. The molecule has 1 N–H and O–H groups in total. The zero-order chi connectivity index (χ0) is 14.4. The van der Waals surface area contributed by atoms with Crippen LogP contribution in [0.15, 0.2) is 42.6 Å². The second-order valence-corrected chi connectivity index (χ2v) is 4.35. The van der Waals surface area contributed by atoms with E-state index in [4.69, 9.17) is 4.74 Å². The molecule has 0 aliphatic heterocycles. The molecule has 104 valence electrons. The fourth-order valence-corrected chi connectivity index (χ4v) is 1.68.